The molecule has 0 bridgehead atoms. The molecule has 2 aromatic heterocycles. The number of aromatic nitrogens is 2. The molecule has 1 aromatic carbocycles. The van der Waals surface area contributed by atoms with E-state index < -0.39 is 12.0 Å². The molecule has 3 aromatic rings. The number of methoxy groups -OCH3 is 1. The predicted molar refractivity (Wildman–Crippen MR) is 113 cm³/mol. The number of halogens is 1. The molecule has 2 N–H and O–H groups in total. The van der Waals surface area contributed by atoms with Gasteiger partial charge in [-0.2, -0.15) is 0 Å². The molecule has 5 rings (SSSR count). The second-order valence-electron chi connectivity index (χ2n) is 7.89. The number of anilines is 2. The number of benzene rings is 1. The third-order valence-electron chi connectivity index (χ3n) is 6.06. The van der Waals surface area contributed by atoms with E-state index in [1.165, 1.54) is 30.2 Å². The van der Waals surface area contributed by atoms with E-state index in [0.29, 0.717) is 13.1 Å². The Morgan fingerprint density at radius 2 is 1.84 bits per heavy atom. The highest BCUT2D eigenvalue weighted by molar-refractivity contribution is 5.93. The number of nitrogens with zero attached hydrogens (tertiary/aromatic N) is 4. The first-order valence-electron chi connectivity index (χ1n) is 10.1. The highest BCUT2D eigenvalue weighted by Gasteiger charge is 2.61. The SMILES string of the molecule is COC(=O)N(c1cc(C(N)=O)no1)C1C2CN(c3ccc(-c4ccc(F)cc4)cn3)CC21. The molecule has 0 radical (unpaired) electrons. The van der Waals surface area contributed by atoms with Crippen molar-refractivity contribution in [2.45, 2.75) is 6.04 Å². The molecule has 2 atom stereocenters. The maximum absolute atomic E-state index is 13.1. The summed E-state index contributed by atoms with van der Waals surface area (Å²) in [5.41, 5.74) is 6.98. The number of carbonyl (C=O) groups is 2. The summed E-state index contributed by atoms with van der Waals surface area (Å²) >= 11 is 0. The minimum absolute atomic E-state index is 0.0493. The van der Waals surface area contributed by atoms with Crippen LogP contribution < -0.4 is 15.5 Å². The first kappa shape index (κ1) is 20.0. The van der Waals surface area contributed by atoms with Crippen LogP contribution in [0.1, 0.15) is 10.5 Å². The van der Waals surface area contributed by atoms with Gasteiger partial charge in [0.25, 0.3) is 5.91 Å². The summed E-state index contributed by atoms with van der Waals surface area (Å²) < 4.78 is 23.2. The monoisotopic (exact) mass is 437 g/mol. The summed E-state index contributed by atoms with van der Waals surface area (Å²) in [4.78, 5) is 31.8. The number of piperidine rings is 1. The van der Waals surface area contributed by atoms with Crippen molar-refractivity contribution in [2.24, 2.45) is 17.6 Å². The first-order valence-corrected chi connectivity index (χ1v) is 10.1. The van der Waals surface area contributed by atoms with E-state index in [1.54, 1.807) is 18.3 Å². The van der Waals surface area contributed by atoms with Crippen LogP contribution in [-0.4, -0.2) is 48.4 Å². The second kappa shape index (κ2) is 7.63. The smallest absolute Gasteiger partial charge is 0.416 e. The van der Waals surface area contributed by atoms with E-state index in [1.807, 2.05) is 12.1 Å². The lowest BCUT2D eigenvalue weighted by molar-refractivity contribution is 0.0991. The quantitative estimate of drug-likeness (QED) is 0.653. The number of amides is 2. The molecular weight excluding hydrogens is 417 g/mol. The lowest BCUT2D eigenvalue weighted by atomic mass is 10.1. The molecule has 10 heteroatoms. The van der Waals surface area contributed by atoms with Crippen molar-refractivity contribution in [3.05, 3.63) is 60.2 Å². The average molecular weight is 437 g/mol. The van der Waals surface area contributed by atoms with E-state index in [9.17, 15) is 14.0 Å². The van der Waals surface area contributed by atoms with Crippen LogP contribution in [0.3, 0.4) is 0 Å². The van der Waals surface area contributed by atoms with Gasteiger partial charge in [-0.3, -0.25) is 4.79 Å². The molecule has 1 aliphatic carbocycles. The first-order chi connectivity index (χ1) is 15.5. The van der Waals surface area contributed by atoms with Gasteiger partial charge in [0, 0.05) is 42.8 Å². The van der Waals surface area contributed by atoms with Crippen LogP contribution in [0.4, 0.5) is 20.9 Å². The normalized spacial score (nSPS) is 21.2. The maximum atomic E-state index is 13.1. The Bertz CT molecular complexity index is 1150. The zero-order valence-corrected chi connectivity index (χ0v) is 17.1. The Kier molecular flexibility index (Phi) is 4.76. The summed E-state index contributed by atoms with van der Waals surface area (Å²) in [6, 6.07) is 11.4. The Morgan fingerprint density at radius 3 is 2.41 bits per heavy atom. The highest BCUT2D eigenvalue weighted by atomic mass is 19.1. The van der Waals surface area contributed by atoms with Crippen LogP contribution in [0.15, 0.2) is 53.2 Å². The van der Waals surface area contributed by atoms with Gasteiger partial charge < -0.3 is 19.9 Å². The van der Waals surface area contributed by atoms with Gasteiger partial charge in [-0.1, -0.05) is 17.3 Å². The molecule has 2 aliphatic rings. The maximum Gasteiger partial charge on any atom is 0.416 e. The molecule has 2 amide bonds. The van der Waals surface area contributed by atoms with Crippen LogP contribution in [0.5, 0.6) is 0 Å². The van der Waals surface area contributed by atoms with Gasteiger partial charge in [-0.15, -0.1) is 0 Å². The summed E-state index contributed by atoms with van der Waals surface area (Å²) in [7, 11) is 1.29. The minimum atomic E-state index is -0.734. The second-order valence-corrected chi connectivity index (χ2v) is 7.89. The van der Waals surface area contributed by atoms with Gasteiger partial charge in [0.05, 0.1) is 13.2 Å². The number of carbonyl (C=O) groups excluding carboxylic acids is 2. The molecule has 0 spiro atoms. The summed E-state index contributed by atoms with van der Waals surface area (Å²) in [5, 5.41) is 3.62. The van der Waals surface area contributed by atoms with Crippen molar-refractivity contribution in [3.63, 3.8) is 0 Å². The number of primary amides is 1. The minimum Gasteiger partial charge on any atom is -0.452 e. The van der Waals surface area contributed by atoms with Crippen LogP contribution >= 0.6 is 0 Å². The van der Waals surface area contributed by atoms with Crippen molar-refractivity contribution in [1.82, 2.24) is 10.1 Å². The summed E-state index contributed by atoms with van der Waals surface area (Å²) in [6.45, 7) is 1.42. The number of nitrogens with two attached hydrogens (primary N) is 1. The number of hydrogen-bond acceptors (Lipinski definition) is 7. The zero-order chi connectivity index (χ0) is 22.4. The lowest BCUT2D eigenvalue weighted by Gasteiger charge is -2.25. The fourth-order valence-electron chi connectivity index (χ4n) is 4.40. The van der Waals surface area contributed by atoms with Gasteiger partial charge in [-0.25, -0.2) is 19.1 Å². The van der Waals surface area contributed by atoms with Crippen LogP contribution in [0.25, 0.3) is 11.1 Å². The van der Waals surface area contributed by atoms with Crippen molar-refractivity contribution >= 4 is 23.7 Å². The van der Waals surface area contributed by atoms with Gasteiger partial charge in [0.1, 0.15) is 11.6 Å². The molecule has 3 heterocycles. The summed E-state index contributed by atoms with van der Waals surface area (Å²) in [5.74, 6) is 0.369. The fraction of sp³-hybridized carbons (Fsp3) is 0.273. The molecule has 1 saturated carbocycles. The molecule has 2 fully saturated rings. The van der Waals surface area contributed by atoms with Gasteiger partial charge in [0.15, 0.2) is 5.69 Å². The molecule has 1 saturated heterocycles. The Labute approximate surface area is 182 Å². The van der Waals surface area contributed by atoms with E-state index >= 15 is 0 Å². The Hall–Kier alpha value is -3.95. The van der Waals surface area contributed by atoms with Crippen LogP contribution in [0.2, 0.25) is 0 Å². The van der Waals surface area contributed by atoms with Crippen molar-refractivity contribution < 1.29 is 23.2 Å². The standard InChI is InChI=1S/C22H20FN5O4/c1-31-22(30)28(19-8-17(21(24)29)26-32-19)20-15-10-27(11-16(15)20)18-7-4-13(9-25-18)12-2-5-14(23)6-3-12/h2-9,15-16,20H,10-11H2,1H3,(H2,24,29). The third-order valence-corrected chi connectivity index (χ3v) is 6.06. The number of rotatable bonds is 5. The number of pyridine rings is 1. The summed E-state index contributed by atoms with van der Waals surface area (Å²) in [6.07, 6.45) is 1.19. The lowest BCUT2D eigenvalue weighted by Crippen LogP contribution is -2.39. The number of fused-ring (bicyclic) bond motifs is 1. The molecule has 32 heavy (non-hydrogen) atoms. The van der Waals surface area contributed by atoms with Crippen LogP contribution in [-0.2, 0) is 4.74 Å². The molecule has 164 valence electrons. The van der Waals surface area contributed by atoms with E-state index in [4.69, 9.17) is 15.0 Å². The molecular formula is C22H20FN5O4. The third kappa shape index (κ3) is 3.43. The zero-order valence-electron chi connectivity index (χ0n) is 17.1. The van der Waals surface area contributed by atoms with E-state index in [-0.39, 0.29) is 35.3 Å². The van der Waals surface area contributed by atoms with Gasteiger partial charge >= 0.3 is 6.09 Å². The van der Waals surface area contributed by atoms with E-state index in [0.717, 1.165) is 16.9 Å². The molecule has 1 aliphatic heterocycles. The number of ether oxygens (including phenoxy) is 1. The van der Waals surface area contributed by atoms with Crippen molar-refractivity contribution in [2.75, 3.05) is 30.0 Å². The highest BCUT2D eigenvalue weighted by Crippen LogP contribution is 2.51. The van der Waals surface area contributed by atoms with Crippen molar-refractivity contribution in [3.8, 4) is 11.1 Å². The van der Waals surface area contributed by atoms with Gasteiger partial charge in [0.2, 0.25) is 5.88 Å². The predicted octanol–water partition coefficient (Wildman–Crippen LogP) is 2.68. The molecule has 9 nitrogen and oxygen atoms in total. The van der Waals surface area contributed by atoms with Crippen molar-refractivity contribution in [1.29, 1.82) is 0 Å². The largest absolute Gasteiger partial charge is 0.452 e. The van der Waals surface area contributed by atoms with Crippen LogP contribution in [0, 0.1) is 17.7 Å². The molecule has 2 unspecified atom stereocenters. The fourth-order valence-corrected chi connectivity index (χ4v) is 4.40. The Morgan fingerprint density at radius 1 is 1.16 bits per heavy atom. The average Bonchev–Trinajstić information content (AvgIpc) is 3.17. The number of hydrogen-bond donors (Lipinski definition) is 1. The topological polar surface area (TPSA) is 115 Å². The Balaban J connectivity index is 1.28. The van der Waals surface area contributed by atoms with Gasteiger partial charge in [-0.05, 0) is 29.8 Å². The van der Waals surface area contributed by atoms with E-state index in [2.05, 4.69) is 15.0 Å².